The summed E-state index contributed by atoms with van der Waals surface area (Å²) >= 11 is 0. The molecule has 2 nitrogen and oxygen atoms in total. The maximum Gasteiger partial charge on any atom is 0.258 e. The second-order valence-corrected chi connectivity index (χ2v) is 12.3. The minimum absolute atomic E-state index is 0.455. The fraction of sp³-hybridized carbons (Fsp3) is 0.875. The van der Waals surface area contributed by atoms with Crippen LogP contribution in [-0.4, -0.2) is 14.9 Å². The third-order valence-electron chi connectivity index (χ3n) is 4.79. The molecule has 19 heavy (non-hydrogen) atoms. The standard InChI is InChI=1S/C16H33NOSi/c1-12(2)19(13(3)4,14(5)6)18-16-10-8-7-9-15(16)11-17/h10,12-15H,7-9,11,17H2,1-6H3. The molecule has 0 radical (unpaired) electrons. The number of allylic oxidation sites excluding steroid dienone is 1. The molecule has 1 rings (SSSR count). The first kappa shape index (κ1) is 16.8. The Hall–Kier alpha value is -0.283. The molecule has 1 atom stereocenters. The molecule has 0 spiro atoms. The van der Waals surface area contributed by atoms with Gasteiger partial charge < -0.3 is 10.2 Å². The van der Waals surface area contributed by atoms with E-state index in [0.29, 0.717) is 22.5 Å². The maximum atomic E-state index is 6.79. The van der Waals surface area contributed by atoms with Crippen LogP contribution in [-0.2, 0) is 4.43 Å². The van der Waals surface area contributed by atoms with Crippen LogP contribution >= 0.6 is 0 Å². The molecule has 1 aliphatic rings. The van der Waals surface area contributed by atoms with Crippen LogP contribution in [0.2, 0.25) is 16.6 Å². The largest absolute Gasteiger partial charge is 0.546 e. The monoisotopic (exact) mass is 283 g/mol. The summed E-state index contributed by atoms with van der Waals surface area (Å²) in [5, 5.41) is 0. The molecule has 0 saturated carbocycles. The van der Waals surface area contributed by atoms with E-state index in [1.54, 1.807) is 0 Å². The van der Waals surface area contributed by atoms with Gasteiger partial charge in [-0.2, -0.15) is 0 Å². The highest BCUT2D eigenvalue weighted by Gasteiger charge is 2.47. The summed E-state index contributed by atoms with van der Waals surface area (Å²) < 4.78 is 6.79. The summed E-state index contributed by atoms with van der Waals surface area (Å²) in [5.41, 5.74) is 7.83. The second kappa shape index (κ2) is 6.94. The van der Waals surface area contributed by atoms with E-state index in [0.717, 1.165) is 13.0 Å². The van der Waals surface area contributed by atoms with Crippen LogP contribution in [0.5, 0.6) is 0 Å². The lowest BCUT2D eigenvalue weighted by atomic mass is 9.94. The Balaban J connectivity index is 3.03. The van der Waals surface area contributed by atoms with Crippen LogP contribution in [0, 0.1) is 5.92 Å². The Bertz CT molecular complexity index is 288. The summed E-state index contributed by atoms with van der Waals surface area (Å²) in [7, 11) is -1.80. The van der Waals surface area contributed by atoms with Gasteiger partial charge in [0.2, 0.25) is 0 Å². The molecule has 0 aliphatic heterocycles. The van der Waals surface area contributed by atoms with Gasteiger partial charge in [-0.25, -0.2) is 0 Å². The number of hydrogen-bond acceptors (Lipinski definition) is 2. The molecule has 0 heterocycles. The van der Waals surface area contributed by atoms with Crippen molar-refractivity contribution < 1.29 is 4.43 Å². The summed E-state index contributed by atoms with van der Waals surface area (Å²) in [6.07, 6.45) is 5.93. The lowest BCUT2D eigenvalue weighted by Crippen LogP contribution is -2.48. The van der Waals surface area contributed by atoms with Crippen LogP contribution in [0.3, 0.4) is 0 Å². The van der Waals surface area contributed by atoms with E-state index in [9.17, 15) is 0 Å². The van der Waals surface area contributed by atoms with E-state index < -0.39 is 8.32 Å². The molecule has 0 amide bonds. The average molecular weight is 284 g/mol. The molecule has 0 fully saturated rings. The Morgan fingerprint density at radius 1 is 1.16 bits per heavy atom. The molecule has 2 N–H and O–H groups in total. The molecule has 0 aromatic heterocycles. The average Bonchev–Trinajstić information content (AvgIpc) is 2.34. The molecule has 0 aromatic rings. The van der Waals surface area contributed by atoms with Gasteiger partial charge in [0.15, 0.2) is 0 Å². The van der Waals surface area contributed by atoms with Crippen LogP contribution < -0.4 is 5.73 Å². The van der Waals surface area contributed by atoms with E-state index in [-0.39, 0.29) is 0 Å². The topological polar surface area (TPSA) is 35.2 Å². The number of rotatable bonds is 6. The van der Waals surface area contributed by atoms with Crippen LogP contribution in [0.4, 0.5) is 0 Å². The fourth-order valence-corrected chi connectivity index (χ4v) is 9.20. The smallest absolute Gasteiger partial charge is 0.258 e. The van der Waals surface area contributed by atoms with Gasteiger partial charge in [0, 0.05) is 12.5 Å². The molecular weight excluding hydrogens is 250 g/mol. The molecule has 0 saturated heterocycles. The molecule has 0 aromatic carbocycles. The highest BCUT2D eigenvalue weighted by Crippen LogP contribution is 2.45. The van der Waals surface area contributed by atoms with Gasteiger partial charge in [-0.15, -0.1) is 0 Å². The first-order valence-corrected chi connectivity index (χ1v) is 10.1. The van der Waals surface area contributed by atoms with Crippen molar-refractivity contribution in [3.8, 4) is 0 Å². The second-order valence-electron chi connectivity index (χ2n) is 6.89. The van der Waals surface area contributed by atoms with Crippen LogP contribution in [0.1, 0.15) is 60.8 Å². The molecule has 112 valence electrons. The summed E-state index contributed by atoms with van der Waals surface area (Å²) in [6, 6.07) is 0. The van der Waals surface area contributed by atoms with E-state index in [1.807, 2.05) is 0 Å². The Morgan fingerprint density at radius 3 is 2.11 bits per heavy atom. The van der Waals surface area contributed by atoms with Crippen LogP contribution in [0.15, 0.2) is 11.8 Å². The highest BCUT2D eigenvalue weighted by molar-refractivity contribution is 6.77. The summed E-state index contributed by atoms with van der Waals surface area (Å²) in [4.78, 5) is 0. The summed E-state index contributed by atoms with van der Waals surface area (Å²) in [5.74, 6) is 1.67. The lowest BCUT2D eigenvalue weighted by molar-refractivity contribution is 0.289. The first-order chi connectivity index (χ1) is 8.86. The highest BCUT2D eigenvalue weighted by atomic mass is 28.4. The maximum absolute atomic E-state index is 6.79. The van der Waals surface area contributed by atoms with Gasteiger partial charge in [-0.3, -0.25) is 0 Å². The van der Waals surface area contributed by atoms with E-state index >= 15 is 0 Å². The van der Waals surface area contributed by atoms with Crippen molar-refractivity contribution in [1.82, 2.24) is 0 Å². The molecule has 0 bridgehead atoms. The van der Waals surface area contributed by atoms with Gasteiger partial charge in [0.25, 0.3) is 8.32 Å². The van der Waals surface area contributed by atoms with Crippen molar-refractivity contribution in [3.05, 3.63) is 11.8 Å². The third-order valence-corrected chi connectivity index (χ3v) is 10.8. The first-order valence-electron chi connectivity index (χ1n) is 7.95. The fourth-order valence-electron chi connectivity index (χ4n) is 3.83. The van der Waals surface area contributed by atoms with E-state index in [2.05, 4.69) is 47.6 Å². The minimum atomic E-state index is -1.80. The zero-order valence-electron chi connectivity index (χ0n) is 13.7. The predicted molar refractivity (Wildman–Crippen MR) is 86.6 cm³/mol. The van der Waals surface area contributed by atoms with Crippen molar-refractivity contribution in [2.75, 3.05) is 6.54 Å². The van der Waals surface area contributed by atoms with Crippen molar-refractivity contribution in [2.45, 2.75) is 77.4 Å². The van der Waals surface area contributed by atoms with Crippen LogP contribution in [0.25, 0.3) is 0 Å². The van der Waals surface area contributed by atoms with Gasteiger partial charge >= 0.3 is 0 Å². The normalized spacial score (nSPS) is 21.2. The SMILES string of the molecule is CC(C)[Si](OC1=CCCCC1CN)(C(C)C)C(C)C. The minimum Gasteiger partial charge on any atom is -0.546 e. The van der Waals surface area contributed by atoms with Crippen molar-refractivity contribution >= 4 is 8.32 Å². The van der Waals surface area contributed by atoms with Gasteiger partial charge in [0.05, 0.1) is 5.76 Å². The third kappa shape index (κ3) is 3.43. The van der Waals surface area contributed by atoms with Crippen molar-refractivity contribution in [3.63, 3.8) is 0 Å². The molecule has 1 aliphatic carbocycles. The Morgan fingerprint density at radius 2 is 1.68 bits per heavy atom. The summed E-state index contributed by atoms with van der Waals surface area (Å²) in [6.45, 7) is 14.8. The van der Waals surface area contributed by atoms with Crippen molar-refractivity contribution in [2.24, 2.45) is 11.7 Å². The van der Waals surface area contributed by atoms with Gasteiger partial charge in [-0.05, 0) is 42.0 Å². The molecular formula is C16H33NOSi. The van der Waals surface area contributed by atoms with E-state index in [1.165, 1.54) is 18.6 Å². The lowest BCUT2D eigenvalue weighted by Gasteiger charge is -2.44. The molecule has 1 unspecified atom stereocenters. The number of hydrogen-bond donors (Lipinski definition) is 1. The van der Waals surface area contributed by atoms with Gasteiger partial charge in [0.1, 0.15) is 0 Å². The Kier molecular flexibility index (Phi) is 6.12. The zero-order valence-corrected chi connectivity index (χ0v) is 14.7. The van der Waals surface area contributed by atoms with E-state index in [4.69, 9.17) is 10.2 Å². The zero-order chi connectivity index (χ0) is 14.6. The van der Waals surface area contributed by atoms with Gasteiger partial charge in [-0.1, -0.05) is 41.5 Å². The Labute approximate surface area is 120 Å². The van der Waals surface area contributed by atoms with Crippen molar-refractivity contribution in [1.29, 1.82) is 0 Å². The quantitative estimate of drug-likeness (QED) is 0.709. The predicted octanol–water partition coefficient (Wildman–Crippen LogP) is 4.82. The molecule has 3 heteroatoms. The number of nitrogens with two attached hydrogens (primary N) is 1.